The number of hydrogen-bond donors (Lipinski definition) is 1. The highest BCUT2D eigenvalue weighted by Gasteiger charge is 2.10. The summed E-state index contributed by atoms with van der Waals surface area (Å²) in [4.78, 5) is 20.4. The van der Waals surface area contributed by atoms with Gasteiger partial charge in [0, 0.05) is 24.6 Å². The van der Waals surface area contributed by atoms with E-state index in [-0.39, 0.29) is 12.3 Å². The van der Waals surface area contributed by atoms with Crippen molar-refractivity contribution in [2.45, 2.75) is 19.8 Å². The molecule has 0 spiro atoms. The third kappa shape index (κ3) is 4.23. The number of hydrogen-bond acceptors (Lipinski definition) is 5. The summed E-state index contributed by atoms with van der Waals surface area (Å²) in [6.45, 7) is 1.90. The van der Waals surface area contributed by atoms with Crippen molar-refractivity contribution in [3.63, 3.8) is 0 Å². The predicted molar refractivity (Wildman–Crippen MR) is 94.4 cm³/mol. The van der Waals surface area contributed by atoms with Gasteiger partial charge >= 0.3 is 0 Å². The molecule has 0 saturated carbocycles. The lowest BCUT2D eigenvalue weighted by Crippen LogP contribution is -2.14. The molecule has 6 nitrogen and oxygen atoms in total. The molecule has 0 bridgehead atoms. The molecule has 0 unspecified atom stereocenters. The van der Waals surface area contributed by atoms with E-state index in [1.54, 1.807) is 19.5 Å². The Hall–Kier alpha value is -3.15. The van der Waals surface area contributed by atoms with Crippen molar-refractivity contribution in [1.29, 1.82) is 0 Å². The Bertz CT molecular complexity index is 856. The largest absolute Gasteiger partial charge is 0.497 e. The first-order chi connectivity index (χ1) is 12.2. The van der Waals surface area contributed by atoms with Gasteiger partial charge < -0.3 is 14.5 Å². The Morgan fingerprint density at radius 2 is 2.00 bits per heavy atom. The molecule has 128 valence electrons. The summed E-state index contributed by atoms with van der Waals surface area (Å²) < 4.78 is 10.9. The lowest BCUT2D eigenvalue weighted by atomic mass is 10.2. The number of rotatable bonds is 6. The SMILES string of the molecule is COc1ccc(-c2cnc(CCC(=O)Nc3ncccc3C)o2)cc1. The molecular weight excluding hydrogens is 318 g/mol. The van der Waals surface area contributed by atoms with Gasteiger partial charge in [-0.1, -0.05) is 6.07 Å². The van der Waals surface area contributed by atoms with Crippen LogP contribution in [0, 0.1) is 6.92 Å². The number of oxazole rings is 1. The normalized spacial score (nSPS) is 10.5. The molecule has 3 aromatic rings. The summed E-state index contributed by atoms with van der Waals surface area (Å²) in [6.07, 6.45) is 4.02. The molecule has 6 heteroatoms. The van der Waals surface area contributed by atoms with E-state index in [9.17, 15) is 4.79 Å². The standard InChI is InChI=1S/C19H19N3O3/c1-13-4-3-11-20-19(13)22-17(23)9-10-18-21-12-16(25-18)14-5-7-15(24-2)8-6-14/h3-8,11-12H,9-10H2,1-2H3,(H,20,22,23). The molecule has 0 saturated heterocycles. The summed E-state index contributed by atoms with van der Waals surface area (Å²) in [6, 6.07) is 11.3. The number of pyridine rings is 1. The molecule has 0 aliphatic rings. The number of aromatic nitrogens is 2. The van der Waals surface area contributed by atoms with Crippen LogP contribution < -0.4 is 10.1 Å². The fourth-order valence-corrected chi connectivity index (χ4v) is 2.35. The molecular formula is C19H19N3O3. The number of nitrogens with one attached hydrogen (secondary N) is 1. The molecule has 2 heterocycles. The Morgan fingerprint density at radius 3 is 2.72 bits per heavy atom. The fraction of sp³-hybridized carbons (Fsp3) is 0.211. The van der Waals surface area contributed by atoms with Crippen LogP contribution in [0.1, 0.15) is 17.9 Å². The third-order valence-corrected chi connectivity index (χ3v) is 3.76. The van der Waals surface area contributed by atoms with Crippen LogP contribution in [0.4, 0.5) is 5.82 Å². The molecule has 2 aromatic heterocycles. The first-order valence-corrected chi connectivity index (χ1v) is 7.96. The zero-order valence-electron chi connectivity index (χ0n) is 14.2. The molecule has 0 atom stereocenters. The second-order valence-corrected chi connectivity index (χ2v) is 5.56. The maximum absolute atomic E-state index is 12.1. The molecule has 1 amide bonds. The predicted octanol–water partition coefficient (Wildman–Crippen LogP) is 3.62. The molecule has 1 N–H and O–H groups in total. The van der Waals surface area contributed by atoms with Gasteiger partial charge in [-0.2, -0.15) is 0 Å². The minimum absolute atomic E-state index is 0.119. The number of benzene rings is 1. The van der Waals surface area contributed by atoms with Gasteiger partial charge in [0.1, 0.15) is 11.6 Å². The van der Waals surface area contributed by atoms with E-state index >= 15 is 0 Å². The van der Waals surface area contributed by atoms with Crippen LogP contribution in [-0.4, -0.2) is 23.0 Å². The number of amides is 1. The number of anilines is 1. The molecule has 0 radical (unpaired) electrons. The highest BCUT2D eigenvalue weighted by atomic mass is 16.5. The van der Waals surface area contributed by atoms with Crippen LogP contribution in [0.2, 0.25) is 0 Å². The second kappa shape index (κ2) is 7.61. The average molecular weight is 337 g/mol. The molecule has 0 aliphatic carbocycles. The van der Waals surface area contributed by atoms with E-state index < -0.39 is 0 Å². The molecule has 0 fully saturated rings. The Labute approximate surface area is 145 Å². The van der Waals surface area contributed by atoms with Gasteiger partial charge in [0.05, 0.1) is 13.3 Å². The van der Waals surface area contributed by atoms with E-state index in [1.165, 1.54) is 0 Å². The minimum atomic E-state index is -0.119. The van der Waals surface area contributed by atoms with Crippen LogP contribution in [-0.2, 0) is 11.2 Å². The zero-order valence-corrected chi connectivity index (χ0v) is 14.2. The van der Waals surface area contributed by atoms with Crippen molar-refractivity contribution in [3.05, 3.63) is 60.2 Å². The summed E-state index contributed by atoms with van der Waals surface area (Å²) in [7, 11) is 1.62. The maximum Gasteiger partial charge on any atom is 0.226 e. The second-order valence-electron chi connectivity index (χ2n) is 5.56. The van der Waals surface area contributed by atoms with Gasteiger partial charge in [0.15, 0.2) is 11.7 Å². The Morgan fingerprint density at radius 1 is 1.20 bits per heavy atom. The smallest absolute Gasteiger partial charge is 0.226 e. The summed E-state index contributed by atoms with van der Waals surface area (Å²) in [5.74, 6) is 2.44. The lowest BCUT2D eigenvalue weighted by molar-refractivity contribution is -0.116. The summed E-state index contributed by atoms with van der Waals surface area (Å²) in [5, 5.41) is 2.80. The van der Waals surface area contributed by atoms with Crippen molar-refractivity contribution in [1.82, 2.24) is 9.97 Å². The minimum Gasteiger partial charge on any atom is -0.497 e. The Balaban J connectivity index is 1.58. The van der Waals surface area contributed by atoms with Crippen molar-refractivity contribution in [3.8, 4) is 17.1 Å². The molecule has 25 heavy (non-hydrogen) atoms. The highest BCUT2D eigenvalue weighted by Crippen LogP contribution is 2.23. The number of ether oxygens (including phenoxy) is 1. The van der Waals surface area contributed by atoms with Gasteiger partial charge in [-0.3, -0.25) is 4.79 Å². The van der Waals surface area contributed by atoms with Crippen LogP contribution in [0.25, 0.3) is 11.3 Å². The van der Waals surface area contributed by atoms with Crippen LogP contribution in [0.5, 0.6) is 5.75 Å². The quantitative estimate of drug-likeness (QED) is 0.743. The van der Waals surface area contributed by atoms with Crippen LogP contribution in [0.15, 0.2) is 53.2 Å². The van der Waals surface area contributed by atoms with Crippen molar-refractivity contribution < 1.29 is 13.9 Å². The summed E-state index contributed by atoms with van der Waals surface area (Å²) in [5.41, 5.74) is 1.84. The summed E-state index contributed by atoms with van der Waals surface area (Å²) >= 11 is 0. The monoisotopic (exact) mass is 337 g/mol. The highest BCUT2D eigenvalue weighted by molar-refractivity contribution is 5.90. The van der Waals surface area contributed by atoms with E-state index in [1.807, 2.05) is 43.3 Å². The number of nitrogens with zero attached hydrogens (tertiary/aromatic N) is 2. The molecule has 1 aromatic carbocycles. The van der Waals surface area contributed by atoms with Gasteiger partial charge in [-0.25, -0.2) is 9.97 Å². The van der Waals surface area contributed by atoms with Gasteiger partial charge in [-0.05, 0) is 42.8 Å². The number of methoxy groups -OCH3 is 1. The fourth-order valence-electron chi connectivity index (χ4n) is 2.35. The van der Waals surface area contributed by atoms with E-state index in [2.05, 4.69) is 15.3 Å². The average Bonchev–Trinajstić information content (AvgIpc) is 3.11. The molecule has 0 aliphatic heterocycles. The van der Waals surface area contributed by atoms with Crippen LogP contribution in [0.3, 0.4) is 0 Å². The zero-order chi connectivity index (χ0) is 17.6. The third-order valence-electron chi connectivity index (χ3n) is 3.76. The van der Waals surface area contributed by atoms with E-state index in [0.29, 0.717) is 23.9 Å². The number of carbonyl (C=O) groups excluding carboxylic acids is 1. The van der Waals surface area contributed by atoms with Crippen molar-refractivity contribution in [2.75, 3.05) is 12.4 Å². The number of carbonyl (C=O) groups is 1. The van der Waals surface area contributed by atoms with Gasteiger partial charge in [0.25, 0.3) is 0 Å². The van der Waals surface area contributed by atoms with Crippen molar-refractivity contribution >= 4 is 11.7 Å². The van der Waals surface area contributed by atoms with E-state index in [4.69, 9.17) is 9.15 Å². The van der Waals surface area contributed by atoms with Gasteiger partial charge in [-0.15, -0.1) is 0 Å². The number of aryl methyl sites for hydroxylation is 2. The lowest BCUT2D eigenvalue weighted by Gasteiger charge is -2.05. The van der Waals surface area contributed by atoms with E-state index in [0.717, 1.165) is 16.9 Å². The maximum atomic E-state index is 12.1. The van der Waals surface area contributed by atoms with Gasteiger partial charge in [0.2, 0.25) is 5.91 Å². The topological polar surface area (TPSA) is 77.2 Å². The van der Waals surface area contributed by atoms with Crippen LogP contribution >= 0.6 is 0 Å². The van der Waals surface area contributed by atoms with Crippen molar-refractivity contribution in [2.24, 2.45) is 0 Å². The Kier molecular flexibility index (Phi) is 5.09. The first-order valence-electron chi connectivity index (χ1n) is 7.96. The molecule has 3 rings (SSSR count). The first kappa shape index (κ1) is 16.7.